The van der Waals surface area contributed by atoms with E-state index < -0.39 is 29.7 Å². The van der Waals surface area contributed by atoms with E-state index in [0.29, 0.717) is 5.39 Å². The summed E-state index contributed by atoms with van der Waals surface area (Å²) in [6.07, 6.45) is 0. The van der Waals surface area contributed by atoms with Crippen molar-refractivity contribution in [3.8, 4) is 0 Å². The molecule has 2 rings (SSSR count). The topological polar surface area (TPSA) is 112 Å². The molecular weight excluding hydrogens is 290 g/mol. The van der Waals surface area contributed by atoms with Gasteiger partial charge in [-0.25, -0.2) is 4.79 Å². The van der Waals surface area contributed by atoms with Gasteiger partial charge in [0.15, 0.2) is 0 Å². The molecular formula is C14H15N3O5. The van der Waals surface area contributed by atoms with Gasteiger partial charge in [-0.1, -0.05) is 0 Å². The summed E-state index contributed by atoms with van der Waals surface area (Å²) in [5, 5.41) is 8.99. The third-order valence-electron chi connectivity index (χ3n) is 3.26. The molecule has 1 amide bonds. The highest BCUT2D eigenvalue weighted by Gasteiger charge is 2.16. The Labute approximate surface area is 124 Å². The third-order valence-corrected chi connectivity index (χ3v) is 3.26. The monoisotopic (exact) mass is 305 g/mol. The molecule has 0 unspecified atom stereocenters. The van der Waals surface area contributed by atoms with Gasteiger partial charge in [0.2, 0.25) is 0 Å². The second-order valence-corrected chi connectivity index (χ2v) is 4.79. The molecule has 0 aliphatic heterocycles. The number of aromatic amines is 1. The minimum absolute atomic E-state index is 0.195. The van der Waals surface area contributed by atoms with Crippen molar-refractivity contribution in [3.63, 3.8) is 0 Å². The molecule has 0 radical (unpaired) electrons. The number of carboxylic acids is 1. The highest BCUT2D eigenvalue weighted by atomic mass is 16.4. The molecule has 0 atom stereocenters. The van der Waals surface area contributed by atoms with Crippen LogP contribution in [0.5, 0.6) is 0 Å². The number of amides is 1. The van der Waals surface area contributed by atoms with Crippen molar-refractivity contribution in [1.29, 1.82) is 0 Å². The summed E-state index contributed by atoms with van der Waals surface area (Å²) in [6, 6.07) is 4.25. The first-order valence-corrected chi connectivity index (χ1v) is 6.59. The van der Waals surface area contributed by atoms with Gasteiger partial charge in [0.25, 0.3) is 11.5 Å². The second kappa shape index (κ2) is 5.84. The van der Waals surface area contributed by atoms with E-state index in [0.717, 1.165) is 9.47 Å². The van der Waals surface area contributed by atoms with Crippen LogP contribution < -0.4 is 11.2 Å². The van der Waals surface area contributed by atoms with Crippen molar-refractivity contribution < 1.29 is 14.7 Å². The summed E-state index contributed by atoms with van der Waals surface area (Å²) < 4.78 is 1.06. The van der Waals surface area contributed by atoms with Gasteiger partial charge in [-0.15, -0.1) is 0 Å². The maximum absolute atomic E-state index is 12.1. The van der Waals surface area contributed by atoms with Gasteiger partial charge in [-0.05, 0) is 25.1 Å². The van der Waals surface area contributed by atoms with Gasteiger partial charge in [0, 0.05) is 19.2 Å². The van der Waals surface area contributed by atoms with Crippen molar-refractivity contribution in [2.45, 2.75) is 13.5 Å². The molecule has 2 aromatic rings. The highest BCUT2D eigenvalue weighted by Crippen LogP contribution is 2.11. The van der Waals surface area contributed by atoms with Gasteiger partial charge in [-0.3, -0.25) is 19.0 Å². The first-order chi connectivity index (χ1) is 10.3. The van der Waals surface area contributed by atoms with E-state index in [1.165, 1.54) is 25.2 Å². The molecule has 0 fully saturated rings. The lowest BCUT2D eigenvalue weighted by Crippen LogP contribution is -2.35. The first kappa shape index (κ1) is 15.5. The lowest BCUT2D eigenvalue weighted by atomic mass is 10.1. The Balaban J connectivity index is 2.52. The molecule has 8 nitrogen and oxygen atoms in total. The van der Waals surface area contributed by atoms with Crippen LogP contribution in [0, 0.1) is 0 Å². The van der Waals surface area contributed by atoms with Gasteiger partial charge in [0.05, 0.1) is 10.9 Å². The Hall–Kier alpha value is -2.90. The van der Waals surface area contributed by atoms with E-state index in [1.54, 1.807) is 6.92 Å². The molecule has 116 valence electrons. The second-order valence-electron chi connectivity index (χ2n) is 4.79. The number of hydrogen-bond donors (Lipinski definition) is 2. The van der Waals surface area contributed by atoms with Crippen LogP contribution in [-0.4, -0.2) is 45.0 Å². The number of rotatable bonds is 4. The Kier molecular flexibility index (Phi) is 4.11. The van der Waals surface area contributed by atoms with Crippen LogP contribution in [0.4, 0.5) is 0 Å². The largest absolute Gasteiger partial charge is 0.480 e. The standard InChI is InChI=1S/C14H15N3O5/c1-3-17-13(21)9-5-4-8(6-10(9)15-14(17)22)12(20)16(2)7-11(18)19/h4-6H,3,7H2,1-2H3,(H,15,22)(H,18,19). The van der Waals surface area contributed by atoms with E-state index in [-0.39, 0.29) is 17.6 Å². The molecule has 8 heteroatoms. The number of H-pyrrole nitrogens is 1. The smallest absolute Gasteiger partial charge is 0.328 e. The molecule has 1 aromatic heterocycles. The molecule has 0 saturated heterocycles. The number of carbonyl (C=O) groups is 2. The number of likely N-dealkylation sites (N-methyl/N-ethyl adjacent to an activating group) is 1. The Morgan fingerprint density at radius 1 is 1.32 bits per heavy atom. The Morgan fingerprint density at radius 2 is 2.00 bits per heavy atom. The predicted molar refractivity (Wildman–Crippen MR) is 79.1 cm³/mol. The summed E-state index contributed by atoms with van der Waals surface area (Å²) in [5.41, 5.74) is -0.544. The Morgan fingerprint density at radius 3 is 2.59 bits per heavy atom. The predicted octanol–water partition coefficient (Wildman–Crippen LogP) is -0.134. The minimum atomic E-state index is -1.13. The summed E-state index contributed by atoms with van der Waals surface area (Å²) in [4.78, 5) is 50.2. The Bertz CT molecular complexity index is 865. The summed E-state index contributed by atoms with van der Waals surface area (Å²) >= 11 is 0. The maximum atomic E-state index is 12.1. The molecule has 0 spiro atoms. The number of carboxylic acid groups (broad SMARTS) is 1. The fourth-order valence-corrected chi connectivity index (χ4v) is 2.17. The van der Waals surface area contributed by atoms with Crippen LogP contribution >= 0.6 is 0 Å². The third kappa shape index (κ3) is 2.76. The zero-order valence-electron chi connectivity index (χ0n) is 12.1. The minimum Gasteiger partial charge on any atom is -0.480 e. The van der Waals surface area contributed by atoms with E-state index in [2.05, 4.69) is 4.98 Å². The van der Waals surface area contributed by atoms with E-state index in [9.17, 15) is 19.2 Å². The van der Waals surface area contributed by atoms with Crippen molar-refractivity contribution in [3.05, 3.63) is 44.6 Å². The molecule has 0 bridgehead atoms. The van der Waals surface area contributed by atoms with E-state index in [4.69, 9.17) is 5.11 Å². The molecule has 0 saturated carbocycles. The number of aliphatic carboxylic acids is 1. The lowest BCUT2D eigenvalue weighted by molar-refractivity contribution is -0.137. The van der Waals surface area contributed by atoms with Crippen molar-refractivity contribution in [1.82, 2.24) is 14.5 Å². The van der Waals surface area contributed by atoms with Crippen molar-refractivity contribution in [2.24, 2.45) is 0 Å². The zero-order chi connectivity index (χ0) is 16.4. The van der Waals surface area contributed by atoms with E-state index >= 15 is 0 Å². The molecule has 22 heavy (non-hydrogen) atoms. The van der Waals surface area contributed by atoms with Crippen LogP contribution in [0.3, 0.4) is 0 Å². The van der Waals surface area contributed by atoms with Crippen LogP contribution in [0.1, 0.15) is 17.3 Å². The maximum Gasteiger partial charge on any atom is 0.328 e. The van der Waals surface area contributed by atoms with Crippen LogP contribution in [0.15, 0.2) is 27.8 Å². The molecule has 1 heterocycles. The van der Waals surface area contributed by atoms with Gasteiger partial charge < -0.3 is 15.0 Å². The molecule has 0 aliphatic carbocycles. The number of nitrogens with zero attached hydrogens (tertiary/aromatic N) is 2. The number of fused-ring (bicyclic) bond motifs is 1. The number of benzene rings is 1. The van der Waals surface area contributed by atoms with Gasteiger partial charge >= 0.3 is 11.7 Å². The van der Waals surface area contributed by atoms with Gasteiger partial charge in [0.1, 0.15) is 6.54 Å². The summed E-state index contributed by atoms with van der Waals surface area (Å²) in [7, 11) is 1.36. The SMILES string of the molecule is CCn1c(=O)[nH]c2cc(C(=O)N(C)CC(=O)O)ccc2c1=O. The number of carbonyl (C=O) groups excluding carboxylic acids is 1. The quantitative estimate of drug-likeness (QED) is 0.817. The molecule has 0 aliphatic rings. The fourth-order valence-electron chi connectivity index (χ4n) is 2.17. The van der Waals surface area contributed by atoms with Crippen LogP contribution in [-0.2, 0) is 11.3 Å². The number of aromatic nitrogens is 2. The summed E-state index contributed by atoms with van der Waals surface area (Å²) in [6.45, 7) is 1.48. The average Bonchev–Trinajstić information content (AvgIpc) is 2.45. The summed E-state index contributed by atoms with van der Waals surface area (Å²) in [5.74, 6) is -1.64. The fraction of sp³-hybridized carbons (Fsp3) is 0.286. The van der Waals surface area contributed by atoms with Crippen LogP contribution in [0.2, 0.25) is 0 Å². The molecule has 2 N–H and O–H groups in total. The zero-order valence-corrected chi connectivity index (χ0v) is 12.1. The van der Waals surface area contributed by atoms with Crippen molar-refractivity contribution in [2.75, 3.05) is 13.6 Å². The van der Waals surface area contributed by atoms with Crippen LogP contribution in [0.25, 0.3) is 10.9 Å². The highest BCUT2D eigenvalue weighted by molar-refractivity contribution is 5.98. The molecule has 1 aromatic carbocycles. The number of hydrogen-bond acceptors (Lipinski definition) is 4. The van der Waals surface area contributed by atoms with Crippen molar-refractivity contribution >= 4 is 22.8 Å². The lowest BCUT2D eigenvalue weighted by Gasteiger charge is -2.14. The first-order valence-electron chi connectivity index (χ1n) is 6.59. The number of nitrogens with one attached hydrogen (secondary N) is 1. The van der Waals surface area contributed by atoms with Gasteiger partial charge in [-0.2, -0.15) is 0 Å². The normalized spacial score (nSPS) is 10.6. The van der Waals surface area contributed by atoms with E-state index in [1.807, 2.05) is 0 Å². The average molecular weight is 305 g/mol.